The highest BCUT2D eigenvalue weighted by Gasteiger charge is 2.01. The number of hydrogen-bond acceptors (Lipinski definition) is 3. The van der Waals surface area contributed by atoms with Gasteiger partial charge in [-0.15, -0.1) is 0 Å². The van der Waals surface area contributed by atoms with E-state index in [1.165, 1.54) is 0 Å². The van der Waals surface area contributed by atoms with Crippen LogP contribution in [0.3, 0.4) is 0 Å². The van der Waals surface area contributed by atoms with Crippen molar-refractivity contribution in [3.8, 4) is 0 Å². The zero-order chi connectivity index (χ0) is 10.4. The van der Waals surface area contributed by atoms with Gasteiger partial charge in [0.2, 0.25) is 5.91 Å². The van der Waals surface area contributed by atoms with Gasteiger partial charge in [-0.3, -0.25) is 4.79 Å². The topological polar surface area (TPSA) is 42.2 Å². The van der Waals surface area contributed by atoms with Crippen molar-refractivity contribution in [2.24, 2.45) is 0 Å². The second-order valence-corrected chi connectivity index (χ2v) is 3.53. The van der Waals surface area contributed by atoms with Gasteiger partial charge in [0.25, 0.3) is 0 Å². The lowest BCUT2D eigenvalue weighted by Crippen LogP contribution is -2.25. The number of aryl methyl sites for hydroxylation is 1. The molecule has 0 spiro atoms. The molecule has 1 heterocycles. The van der Waals surface area contributed by atoms with Crippen LogP contribution in [0.5, 0.6) is 0 Å². The molecule has 1 rings (SSSR count). The third-order valence-electron chi connectivity index (χ3n) is 1.83. The Labute approximate surface area is 89.3 Å². The van der Waals surface area contributed by atoms with Crippen LogP contribution in [0.4, 0.5) is 0 Å². The molecule has 1 aromatic rings. The molecule has 0 atom stereocenters. The number of hydrogen-bond donors (Lipinski definition) is 2. The third kappa shape index (κ3) is 3.87. The molecule has 4 heteroatoms. The summed E-state index contributed by atoms with van der Waals surface area (Å²) in [6.07, 6.45) is 1.21. The van der Waals surface area contributed by atoms with Crippen LogP contribution in [0.15, 0.2) is 16.5 Å². The van der Waals surface area contributed by atoms with Gasteiger partial charge in [-0.05, 0) is 24.8 Å². The Hall–Kier alpha value is -0.900. The predicted octanol–water partition coefficient (Wildman–Crippen LogP) is 1.57. The molecule has 0 aliphatic heterocycles. The Kier molecular flexibility index (Phi) is 4.59. The maximum atomic E-state index is 11.0. The van der Waals surface area contributed by atoms with Crippen molar-refractivity contribution in [3.05, 3.63) is 23.7 Å². The molecule has 0 unspecified atom stereocenters. The van der Waals surface area contributed by atoms with E-state index in [2.05, 4.69) is 17.9 Å². The van der Waals surface area contributed by atoms with Crippen molar-refractivity contribution in [1.82, 2.24) is 5.32 Å². The number of carbonyl (C=O) groups excluding carboxylic acids is 1. The summed E-state index contributed by atoms with van der Waals surface area (Å²) in [5, 5.41) is 2.79. The quantitative estimate of drug-likeness (QED) is 0.729. The largest absolute Gasteiger partial charge is 0.466 e. The summed E-state index contributed by atoms with van der Waals surface area (Å²) in [5.41, 5.74) is 0. The molecule has 0 aliphatic rings. The lowest BCUT2D eigenvalue weighted by Gasteiger charge is -2.01. The summed E-state index contributed by atoms with van der Waals surface area (Å²) in [6.45, 7) is 2.53. The molecule has 0 saturated heterocycles. The fraction of sp³-hybridized carbons (Fsp3) is 0.500. The van der Waals surface area contributed by atoms with Crippen molar-refractivity contribution in [2.45, 2.75) is 19.8 Å². The van der Waals surface area contributed by atoms with Gasteiger partial charge in [-0.2, -0.15) is 12.6 Å². The zero-order valence-corrected chi connectivity index (χ0v) is 9.14. The molecule has 1 aromatic heterocycles. The molecule has 0 aromatic carbocycles. The van der Waals surface area contributed by atoms with Crippen LogP contribution in [-0.4, -0.2) is 18.2 Å². The second kappa shape index (κ2) is 5.75. The first kappa shape index (κ1) is 11.2. The van der Waals surface area contributed by atoms with Crippen molar-refractivity contribution < 1.29 is 9.21 Å². The minimum atomic E-state index is 0.0447. The maximum Gasteiger partial charge on any atom is 0.220 e. The van der Waals surface area contributed by atoms with Gasteiger partial charge in [-0.25, -0.2) is 0 Å². The summed E-state index contributed by atoms with van der Waals surface area (Å²) in [5.74, 6) is 2.45. The van der Waals surface area contributed by atoms with E-state index < -0.39 is 0 Å². The van der Waals surface area contributed by atoms with E-state index in [9.17, 15) is 4.79 Å². The summed E-state index contributed by atoms with van der Waals surface area (Å²) in [4.78, 5) is 11.0. The fourth-order valence-electron chi connectivity index (χ4n) is 1.13. The van der Waals surface area contributed by atoms with Crippen molar-refractivity contribution >= 4 is 18.5 Å². The molecule has 1 amide bonds. The van der Waals surface area contributed by atoms with Gasteiger partial charge in [-0.1, -0.05) is 0 Å². The lowest BCUT2D eigenvalue weighted by atomic mass is 10.3. The van der Waals surface area contributed by atoms with Gasteiger partial charge in [0, 0.05) is 19.4 Å². The maximum absolute atomic E-state index is 11.0. The van der Waals surface area contributed by atoms with Crippen LogP contribution in [0.25, 0.3) is 0 Å². The van der Waals surface area contributed by atoms with E-state index in [1.54, 1.807) is 0 Å². The molecule has 0 aliphatic carbocycles. The number of thiol groups is 1. The van der Waals surface area contributed by atoms with Crippen LogP contribution in [0.2, 0.25) is 0 Å². The summed E-state index contributed by atoms with van der Waals surface area (Å²) in [7, 11) is 0. The van der Waals surface area contributed by atoms with Crippen molar-refractivity contribution in [3.63, 3.8) is 0 Å². The van der Waals surface area contributed by atoms with E-state index in [0.29, 0.717) is 18.7 Å². The smallest absolute Gasteiger partial charge is 0.220 e. The number of furan rings is 1. The monoisotopic (exact) mass is 213 g/mol. The number of amides is 1. The molecular formula is C10H15NO2S. The third-order valence-corrected chi connectivity index (χ3v) is 2.05. The Morgan fingerprint density at radius 3 is 2.93 bits per heavy atom. The van der Waals surface area contributed by atoms with E-state index >= 15 is 0 Å². The van der Waals surface area contributed by atoms with Crippen molar-refractivity contribution in [1.29, 1.82) is 0 Å². The van der Waals surface area contributed by atoms with Gasteiger partial charge in [0.15, 0.2) is 0 Å². The first-order valence-corrected chi connectivity index (χ1v) is 5.28. The Balaban J connectivity index is 2.18. The minimum absolute atomic E-state index is 0.0447. The Morgan fingerprint density at radius 1 is 1.57 bits per heavy atom. The number of nitrogens with one attached hydrogen (secondary N) is 1. The molecular weight excluding hydrogens is 198 g/mol. The molecule has 0 radical (unpaired) electrons. The van der Waals surface area contributed by atoms with Crippen LogP contribution in [0.1, 0.15) is 17.9 Å². The molecule has 0 bridgehead atoms. The standard InChI is InChI=1S/C10H15NO2S/c1-8-2-3-9(13-8)4-6-11-10(12)5-7-14/h2-3,14H,4-7H2,1H3,(H,11,12). The van der Waals surface area contributed by atoms with Gasteiger partial charge in [0.05, 0.1) is 0 Å². The molecule has 78 valence electrons. The van der Waals surface area contributed by atoms with Crippen molar-refractivity contribution in [2.75, 3.05) is 12.3 Å². The van der Waals surface area contributed by atoms with Crippen LogP contribution in [-0.2, 0) is 11.2 Å². The molecule has 3 nitrogen and oxygen atoms in total. The van der Waals surface area contributed by atoms with Crippen LogP contribution in [0, 0.1) is 6.92 Å². The first-order chi connectivity index (χ1) is 6.72. The SMILES string of the molecule is Cc1ccc(CCNC(=O)CCS)o1. The average Bonchev–Trinajstić information content (AvgIpc) is 2.52. The number of rotatable bonds is 5. The van der Waals surface area contributed by atoms with Gasteiger partial charge < -0.3 is 9.73 Å². The average molecular weight is 213 g/mol. The first-order valence-electron chi connectivity index (χ1n) is 4.65. The Bertz CT molecular complexity index is 296. The zero-order valence-electron chi connectivity index (χ0n) is 8.25. The summed E-state index contributed by atoms with van der Waals surface area (Å²) in [6, 6.07) is 3.85. The normalized spacial score (nSPS) is 10.1. The molecule has 1 N–H and O–H groups in total. The minimum Gasteiger partial charge on any atom is -0.466 e. The second-order valence-electron chi connectivity index (χ2n) is 3.09. The summed E-state index contributed by atoms with van der Waals surface area (Å²) < 4.78 is 5.36. The molecule has 0 saturated carbocycles. The van der Waals surface area contributed by atoms with E-state index in [1.807, 2.05) is 19.1 Å². The van der Waals surface area contributed by atoms with E-state index in [0.717, 1.165) is 17.9 Å². The predicted molar refractivity (Wildman–Crippen MR) is 58.6 cm³/mol. The molecule has 14 heavy (non-hydrogen) atoms. The Morgan fingerprint density at radius 2 is 2.36 bits per heavy atom. The van der Waals surface area contributed by atoms with Crippen LogP contribution >= 0.6 is 12.6 Å². The highest BCUT2D eigenvalue weighted by Crippen LogP contribution is 2.05. The highest BCUT2D eigenvalue weighted by atomic mass is 32.1. The highest BCUT2D eigenvalue weighted by molar-refractivity contribution is 7.80. The fourth-order valence-corrected chi connectivity index (χ4v) is 1.34. The van der Waals surface area contributed by atoms with Gasteiger partial charge >= 0.3 is 0 Å². The van der Waals surface area contributed by atoms with E-state index in [4.69, 9.17) is 4.42 Å². The lowest BCUT2D eigenvalue weighted by molar-refractivity contribution is -0.120. The van der Waals surface area contributed by atoms with E-state index in [-0.39, 0.29) is 5.91 Å². The summed E-state index contributed by atoms with van der Waals surface area (Å²) >= 11 is 3.98. The number of carbonyl (C=O) groups is 1. The van der Waals surface area contributed by atoms with Crippen LogP contribution < -0.4 is 5.32 Å². The van der Waals surface area contributed by atoms with Gasteiger partial charge in [0.1, 0.15) is 11.5 Å². The molecule has 0 fully saturated rings.